The maximum atomic E-state index is 3.57. The largest absolute Gasteiger partial charge is 0.0945 e. The first-order valence-corrected chi connectivity index (χ1v) is 10.8. The molecule has 3 rings (SSSR count). The summed E-state index contributed by atoms with van der Waals surface area (Å²) in [5.41, 5.74) is 3.55. The number of halogens is 2. The molecule has 1 aliphatic carbocycles. The van der Waals surface area contributed by atoms with Gasteiger partial charge in [0.25, 0.3) is 0 Å². The van der Waals surface area contributed by atoms with Crippen molar-refractivity contribution in [1.29, 1.82) is 0 Å². The third-order valence-corrected chi connectivity index (χ3v) is 6.98. The molecule has 1 aliphatic rings. The Hall–Kier alpha value is -1.04. The Morgan fingerprint density at radius 1 is 0.880 bits per heavy atom. The minimum absolute atomic E-state index is 0.593. The molecule has 0 spiro atoms. The second-order valence-corrected chi connectivity index (χ2v) is 8.69. The summed E-state index contributed by atoms with van der Waals surface area (Å²) in [6.45, 7) is 2.29. The molecule has 2 aromatic carbocycles. The van der Waals surface area contributed by atoms with Crippen LogP contribution in [-0.4, -0.2) is 0 Å². The van der Waals surface area contributed by atoms with Gasteiger partial charge in [-0.15, -0.1) is 0 Å². The highest BCUT2D eigenvalue weighted by atomic mass is 79.9. The van der Waals surface area contributed by atoms with E-state index in [4.69, 9.17) is 0 Å². The molecule has 0 unspecified atom stereocenters. The Kier molecular flexibility index (Phi) is 6.79. The van der Waals surface area contributed by atoms with Gasteiger partial charge in [-0.3, -0.25) is 0 Å². The van der Waals surface area contributed by atoms with E-state index in [1.807, 2.05) is 0 Å². The van der Waals surface area contributed by atoms with Crippen LogP contribution in [-0.2, 0) is 0 Å². The summed E-state index contributed by atoms with van der Waals surface area (Å²) in [5, 5.41) is 0. The summed E-state index contributed by atoms with van der Waals surface area (Å²) in [5.74, 6) is 8.45. The van der Waals surface area contributed by atoms with E-state index in [0.29, 0.717) is 5.92 Å². The zero-order valence-electron chi connectivity index (χ0n) is 14.7. The number of rotatable bonds is 3. The molecule has 130 valence electrons. The van der Waals surface area contributed by atoms with Gasteiger partial charge in [0.05, 0.1) is 0 Å². The molecule has 2 heteroatoms. The fourth-order valence-electron chi connectivity index (χ4n) is 3.61. The van der Waals surface area contributed by atoms with Crippen molar-refractivity contribution in [2.24, 2.45) is 11.8 Å². The average Bonchev–Trinajstić information content (AvgIpc) is 2.64. The van der Waals surface area contributed by atoms with Crippen molar-refractivity contribution in [2.45, 2.75) is 45.4 Å². The zero-order valence-corrected chi connectivity index (χ0v) is 17.9. The molecular weight excluding hydrogens is 436 g/mol. The predicted molar refractivity (Wildman–Crippen MR) is 115 cm³/mol. The van der Waals surface area contributed by atoms with Gasteiger partial charge in [0, 0.05) is 20.4 Å². The zero-order chi connectivity index (χ0) is 17.6. The van der Waals surface area contributed by atoms with Gasteiger partial charge in [-0.25, -0.2) is 0 Å². The van der Waals surface area contributed by atoms with Crippen molar-refractivity contribution >= 4 is 31.9 Å². The molecule has 0 nitrogen and oxygen atoms in total. The van der Waals surface area contributed by atoms with E-state index in [-0.39, 0.29) is 0 Å². The van der Waals surface area contributed by atoms with Gasteiger partial charge in [-0.2, -0.15) is 0 Å². The lowest BCUT2D eigenvalue weighted by Gasteiger charge is -2.25. The Morgan fingerprint density at radius 3 is 2.20 bits per heavy atom. The minimum Gasteiger partial charge on any atom is -0.0945 e. The van der Waals surface area contributed by atoms with Crippen LogP contribution in [0.2, 0.25) is 0 Å². The molecule has 0 aliphatic heterocycles. The predicted octanol–water partition coefficient (Wildman–Crippen LogP) is 7.84. The molecule has 0 amide bonds. The third kappa shape index (κ3) is 5.22. The van der Waals surface area contributed by atoms with E-state index >= 15 is 0 Å². The molecular formula is C23H24Br2. The van der Waals surface area contributed by atoms with Crippen LogP contribution in [0.3, 0.4) is 0 Å². The van der Waals surface area contributed by atoms with Crippen LogP contribution in [0.5, 0.6) is 0 Å². The highest BCUT2D eigenvalue weighted by Gasteiger charge is 2.18. The fourth-order valence-corrected chi connectivity index (χ4v) is 4.24. The number of hydrogen-bond acceptors (Lipinski definition) is 0. The van der Waals surface area contributed by atoms with E-state index in [0.717, 1.165) is 20.4 Å². The molecule has 1 saturated carbocycles. The first-order chi connectivity index (χ1) is 12.2. The smallest absolute Gasteiger partial charge is 0.0323 e. The molecule has 0 atom stereocenters. The average molecular weight is 460 g/mol. The van der Waals surface area contributed by atoms with Crippen molar-refractivity contribution in [3.8, 4) is 23.0 Å². The summed E-state index contributed by atoms with van der Waals surface area (Å²) in [6.07, 6.45) is 8.01. The summed E-state index contributed by atoms with van der Waals surface area (Å²) in [6, 6.07) is 14.9. The van der Waals surface area contributed by atoms with Crippen molar-refractivity contribution in [2.75, 3.05) is 0 Å². The van der Waals surface area contributed by atoms with Gasteiger partial charge in [-0.05, 0) is 98.9 Å². The van der Waals surface area contributed by atoms with Crippen LogP contribution >= 0.6 is 31.9 Å². The second kappa shape index (κ2) is 9.06. The van der Waals surface area contributed by atoms with E-state index in [2.05, 4.69) is 93.1 Å². The fraction of sp³-hybridized carbons (Fsp3) is 0.391. The van der Waals surface area contributed by atoms with Crippen molar-refractivity contribution in [1.82, 2.24) is 0 Å². The van der Waals surface area contributed by atoms with Crippen LogP contribution < -0.4 is 0 Å². The lowest BCUT2D eigenvalue weighted by molar-refractivity contribution is 0.300. The van der Waals surface area contributed by atoms with Gasteiger partial charge in [0.2, 0.25) is 0 Å². The van der Waals surface area contributed by atoms with Gasteiger partial charge in [0.1, 0.15) is 0 Å². The molecule has 0 saturated heterocycles. The Balaban J connectivity index is 1.63. The molecule has 25 heavy (non-hydrogen) atoms. The maximum absolute atomic E-state index is 3.57. The van der Waals surface area contributed by atoms with E-state index < -0.39 is 0 Å². The topological polar surface area (TPSA) is 0 Å². The number of hydrogen-bond donors (Lipinski definition) is 0. The van der Waals surface area contributed by atoms with Crippen molar-refractivity contribution < 1.29 is 0 Å². The SMILES string of the molecule is CCC[C@H]1CC[C@H](C#Cc2ccc(-c3ccc(Br)c(Br)c3)cc2)CC1. The van der Waals surface area contributed by atoms with Crippen LogP contribution in [0.1, 0.15) is 51.0 Å². The summed E-state index contributed by atoms with van der Waals surface area (Å²) in [7, 11) is 0. The van der Waals surface area contributed by atoms with Crippen LogP contribution in [0.15, 0.2) is 51.4 Å². The molecule has 1 fully saturated rings. The molecule has 0 heterocycles. The van der Waals surface area contributed by atoms with Crippen LogP contribution in [0.4, 0.5) is 0 Å². The van der Waals surface area contributed by atoms with E-state index in [1.165, 1.54) is 49.7 Å². The van der Waals surface area contributed by atoms with Crippen LogP contribution in [0, 0.1) is 23.7 Å². The summed E-state index contributed by atoms with van der Waals surface area (Å²) in [4.78, 5) is 0. The molecule has 0 bridgehead atoms. The minimum atomic E-state index is 0.593. The van der Waals surface area contributed by atoms with Gasteiger partial charge in [0.15, 0.2) is 0 Å². The van der Waals surface area contributed by atoms with Gasteiger partial charge < -0.3 is 0 Å². The molecule has 2 aromatic rings. The van der Waals surface area contributed by atoms with Gasteiger partial charge >= 0.3 is 0 Å². The molecule has 0 N–H and O–H groups in total. The third-order valence-electron chi connectivity index (χ3n) is 5.10. The lowest BCUT2D eigenvalue weighted by Crippen LogP contribution is -2.13. The molecule has 0 radical (unpaired) electrons. The first-order valence-electron chi connectivity index (χ1n) is 9.22. The van der Waals surface area contributed by atoms with E-state index in [1.54, 1.807) is 0 Å². The quantitative estimate of drug-likeness (QED) is 0.410. The lowest BCUT2D eigenvalue weighted by atomic mass is 9.80. The number of benzene rings is 2. The van der Waals surface area contributed by atoms with Crippen molar-refractivity contribution in [3.05, 3.63) is 57.0 Å². The van der Waals surface area contributed by atoms with E-state index in [9.17, 15) is 0 Å². The van der Waals surface area contributed by atoms with Crippen LogP contribution in [0.25, 0.3) is 11.1 Å². The van der Waals surface area contributed by atoms with Gasteiger partial charge in [-0.1, -0.05) is 49.8 Å². The summed E-state index contributed by atoms with van der Waals surface area (Å²) >= 11 is 7.09. The standard InChI is InChI=1S/C23H24Br2/c1-2-3-17-4-6-18(7-5-17)8-9-19-10-12-20(13-11-19)21-14-15-22(24)23(25)16-21/h10-18H,2-7H2,1H3/t17-,18-. The highest BCUT2D eigenvalue weighted by molar-refractivity contribution is 9.13. The highest BCUT2D eigenvalue weighted by Crippen LogP contribution is 2.31. The molecule has 0 aromatic heterocycles. The monoisotopic (exact) mass is 458 g/mol. The Bertz CT molecular complexity index is 757. The maximum Gasteiger partial charge on any atom is 0.0323 e. The Morgan fingerprint density at radius 2 is 1.56 bits per heavy atom. The summed E-state index contributed by atoms with van der Waals surface area (Å²) < 4.78 is 2.15. The van der Waals surface area contributed by atoms with Crippen molar-refractivity contribution in [3.63, 3.8) is 0 Å². The normalized spacial score (nSPS) is 20.0. The second-order valence-electron chi connectivity index (χ2n) is 6.98. The Labute approximate surface area is 168 Å². The first kappa shape index (κ1) is 18.7.